The minimum Gasteiger partial charge on any atom is -0.497 e. The van der Waals surface area contributed by atoms with Crippen molar-refractivity contribution in [1.29, 1.82) is 0 Å². The summed E-state index contributed by atoms with van der Waals surface area (Å²) in [5.74, 6) is -0.348. The van der Waals surface area contributed by atoms with Gasteiger partial charge in [-0.1, -0.05) is 61.3 Å². The van der Waals surface area contributed by atoms with Gasteiger partial charge in [0.2, 0.25) is 0 Å². The first-order chi connectivity index (χ1) is 18.2. The van der Waals surface area contributed by atoms with Gasteiger partial charge in [0.05, 0.1) is 28.5 Å². The number of amides is 3. The lowest BCUT2D eigenvalue weighted by Gasteiger charge is -2.26. The Balaban J connectivity index is 1.77. The van der Waals surface area contributed by atoms with E-state index >= 15 is 0 Å². The van der Waals surface area contributed by atoms with E-state index < -0.39 is 23.9 Å². The number of anilines is 3. The minimum atomic E-state index is -1.58. The number of methoxy groups -OCH3 is 1. The number of nitrogens with one attached hydrogen (secondary N) is 1. The van der Waals surface area contributed by atoms with Gasteiger partial charge in [0.15, 0.2) is 6.04 Å². The Labute approximate surface area is 231 Å². The maximum Gasteiger partial charge on any atom is 0.413 e. The largest absolute Gasteiger partial charge is 0.497 e. The third-order valence-electron chi connectivity index (χ3n) is 5.99. The van der Waals surface area contributed by atoms with E-state index in [0.717, 1.165) is 0 Å². The van der Waals surface area contributed by atoms with Gasteiger partial charge in [-0.15, -0.1) is 0 Å². The van der Waals surface area contributed by atoms with Gasteiger partial charge in [-0.05, 0) is 48.7 Å². The number of hydrogen-bond donors (Lipinski definition) is 1. The molecular formula is C28H27Cl2N3O5. The van der Waals surface area contributed by atoms with E-state index in [1.807, 2.05) is 19.9 Å². The van der Waals surface area contributed by atoms with E-state index in [1.165, 1.54) is 23.0 Å². The van der Waals surface area contributed by atoms with Crippen LogP contribution in [0.15, 0.2) is 66.7 Å². The van der Waals surface area contributed by atoms with Crippen molar-refractivity contribution in [3.8, 4) is 11.5 Å². The van der Waals surface area contributed by atoms with Gasteiger partial charge < -0.3 is 19.7 Å². The summed E-state index contributed by atoms with van der Waals surface area (Å²) in [6, 6.07) is 16.8. The first kappa shape index (κ1) is 27.3. The monoisotopic (exact) mass is 555 g/mol. The Morgan fingerprint density at radius 1 is 0.921 bits per heavy atom. The quantitative estimate of drug-likeness (QED) is 0.350. The van der Waals surface area contributed by atoms with Crippen LogP contribution in [0.1, 0.15) is 20.3 Å². The Morgan fingerprint density at radius 2 is 1.58 bits per heavy atom. The third-order valence-corrected chi connectivity index (χ3v) is 6.71. The van der Waals surface area contributed by atoms with Gasteiger partial charge in [0, 0.05) is 18.3 Å². The van der Waals surface area contributed by atoms with Crippen LogP contribution in [0.5, 0.6) is 11.5 Å². The number of carbonyl (C=O) groups is 3. The highest BCUT2D eigenvalue weighted by atomic mass is 35.5. The molecule has 1 N–H and O–H groups in total. The molecule has 1 heterocycles. The summed E-state index contributed by atoms with van der Waals surface area (Å²) in [4.78, 5) is 43.7. The molecule has 1 aliphatic rings. The maximum atomic E-state index is 14.0. The number of hydrogen-bond acceptors (Lipinski definition) is 5. The predicted molar refractivity (Wildman–Crippen MR) is 148 cm³/mol. The second kappa shape index (κ2) is 11.8. The van der Waals surface area contributed by atoms with Crippen molar-refractivity contribution in [1.82, 2.24) is 5.32 Å². The van der Waals surface area contributed by atoms with Crippen LogP contribution in [0, 0.1) is 5.92 Å². The second-order valence-electron chi connectivity index (χ2n) is 9.08. The highest BCUT2D eigenvalue weighted by Gasteiger charge is 2.42. The number of rotatable bonds is 7. The van der Waals surface area contributed by atoms with Crippen LogP contribution in [-0.4, -0.2) is 37.6 Å². The fourth-order valence-electron chi connectivity index (χ4n) is 4.05. The first-order valence-electron chi connectivity index (χ1n) is 12.0. The molecule has 0 spiro atoms. The molecule has 3 aromatic rings. The van der Waals surface area contributed by atoms with Crippen molar-refractivity contribution in [2.75, 3.05) is 23.5 Å². The van der Waals surface area contributed by atoms with Gasteiger partial charge in [0.25, 0.3) is 11.8 Å². The summed E-state index contributed by atoms with van der Waals surface area (Å²) in [5, 5.41) is 2.93. The molecule has 198 valence electrons. The molecule has 4 rings (SSSR count). The first-order valence-corrected chi connectivity index (χ1v) is 12.8. The molecule has 0 aliphatic carbocycles. The zero-order chi connectivity index (χ0) is 27.4. The van der Waals surface area contributed by atoms with Gasteiger partial charge in [-0.25, -0.2) is 4.79 Å². The van der Waals surface area contributed by atoms with Crippen molar-refractivity contribution in [2.45, 2.75) is 26.3 Å². The van der Waals surface area contributed by atoms with Gasteiger partial charge >= 0.3 is 6.09 Å². The van der Waals surface area contributed by atoms with Gasteiger partial charge in [-0.2, -0.15) is 0 Å². The summed E-state index contributed by atoms with van der Waals surface area (Å²) in [7, 11) is 1.49. The summed E-state index contributed by atoms with van der Waals surface area (Å²) in [6.45, 7) is 4.35. The van der Waals surface area contributed by atoms with Crippen molar-refractivity contribution in [3.05, 3.63) is 76.8 Å². The SMILES string of the molecule is COc1cccc(OC(=O)NC2C(=O)N(CCC(C)C)c3cc(Cl)c(Cl)cc3N(c3ccccc3)C2=O)c1. The molecule has 1 aliphatic heterocycles. The number of benzene rings is 3. The number of nitrogens with zero attached hydrogens (tertiary/aromatic N) is 2. The predicted octanol–water partition coefficient (Wildman–Crippen LogP) is 6.22. The molecule has 0 saturated heterocycles. The molecule has 0 saturated carbocycles. The van der Waals surface area contributed by atoms with Crippen LogP contribution in [0.3, 0.4) is 0 Å². The van der Waals surface area contributed by atoms with Crippen molar-refractivity contribution < 1.29 is 23.9 Å². The Hall–Kier alpha value is -3.75. The molecule has 0 bridgehead atoms. The van der Waals surface area contributed by atoms with E-state index in [-0.39, 0.29) is 21.7 Å². The lowest BCUT2D eigenvalue weighted by Crippen LogP contribution is -2.55. The molecule has 38 heavy (non-hydrogen) atoms. The van der Waals surface area contributed by atoms with E-state index in [9.17, 15) is 14.4 Å². The zero-order valence-corrected chi connectivity index (χ0v) is 22.6. The smallest absolute Gasteiger partial charge is 0.413 e. The number of ether oxygens (including phenoxy) is 2. The van der Waals surface area contributed by atoms with Crippen LogP contribution in [0.4, 0.5) is 21.9 Å². The topological polar surface area (TPSA) is 88.2 Å². The molecule has 3 amide bonds. The summed E-state index contributed by atoms with van der Waals surface area (Å²) in [6.07, 6.45) is -0.324. The summed E-state index contributed by atoms with van der Waals surface area (Å²) in [5.41, 5.74) is 1.27. The van der Waals surface area contributed by atoms with E-state index in [0.29, 0.717) is 35.8 Å². The molecule has 0 aromatic heterocycles. The van der Waals surface area contributed by atoms with E-state index in [4.69, 9.17) is 32.7 Å². The third kappa shape index (κ3) is 5.87. The van der Waals surface area contributed by atoms with Crippen molar-refractivity contribution in [3.63, 3.8) is 0 Å². The van der Waals surface area contributed by atoms with Gasteiger partial charge in [-0.3, -0.25) is 14.5 Å². The fraction of sp³-hybridized carbons (Fsp3) is 0.250. The molecule has 3 aromatic carbocycles. The average molecular weight is 556 g/mol. The number of carbonyl (C=O) groups excluding carboxylic acids is 3. The molecule has 0 radical (unpaired) electrons. The number of para-hydroxylation sites is 1. The van der Waals surface area contributed by atoms with Crippen LogP contribution < -0.4 is 24.6 Å². The molecule has 10 heteroatoms. The summed E-state index contributed by atoms with van der Waals surface area (Å²) >= 11 is 12.7. The van der Waals surface area contributed by atoms with Crippen LogP contribution in [-0.2, 0) is 9.59 Å². The lowest BCUT2D eigenvalue weighted by atomic mass is 10.1. The van der Waals surface area contributed by atoms with E-state index in [2.05, 4.69) is 5.32 Å². The highest BCUT2D eigenvalue weighted by Crippen LogP contribution is 2.42. The van der Waals surface area contributed by atoms with Crippen molar-refractivity contribution >= 4 is 58.2 Å². The molecule has 0 fully saturated rings. The van der Waals surface area contributed by atoms with Crippen LogP contribution >= 0.6 is 23.2 Å². The molecule has 1 atom stereocenters. The molecule has 1 unspecified atom stereocenters. The highest BCUT2D eigenvalue weighted by molar-refractivity contribution is 6.43. The Kier molecular flexibility index (Phi) is 8.44. The average Bonchev–Trinajstić information content (AvgIpc) is 2.97. The van der Waals surface area contributed by atoms with E-state index in [1.54, 1.807) is 54.6 Å². The second-order valence-corrected chi connectivity index (χ2v) is 9.90. The minimum absolute atomic E-state index is 0.189. The Morgan fingerprint density at radius 3 is 2.24 bits per heavy atom. The molecular weight excluding hydrogens is 529 g/mol. The van der Waals surface area contributed by atoms with Crippen LogP contribution in [0.25, 0.3) is 0 Å². The standard InChI is InChI=1S/C28H27Cl2N3O5/c1-17(2)12-13-32-23-15-21(29)22(30)16-24(23)33(18-8-5-4-6-9-18)27(35)25(26(32)34)31-28(36)38-20-11-7-10-19(14-20)37-3/h4-11,14-17,25H,12-13H2,1-3H3,(H,31,36). The lowest BCUT2D eigenvalue weighted by molar-refractivity contribution is -0.128. The normalized spacial score (nSPS) is 15.3. The van der Waals surface area contributed by atoms with Gasteiger partial charge in [0.1, 0.15) is 11.5 Å². The Bertz CT molecular complexity index is 1350. The number of halogens is 2. The fourth-order valence-corrected chi connectivity index (χ4v) is 4.37. The van der Waals surface area contributed by atoms with Crippen molar-refractivity contribution in [2.24, 2.45) is 5.92 Å². The maximum absolute atomic E-state index is 14.0. The zero-order valence-electron chi connectivity index (χ0n) is 21.1. The molecule has 8 nitrogen and oxygen atoms in total. The number of fused-ring (bicyclic) bond motifs is 1. The van der Waals surface area contributed by atoms with Crippen LogP contribution in [0.2, 0.25) is 10.0 Å². The summed E-state index contributed by atoms with van der Waals surface area (Å²) < 4.78 is 10.5.